The third-order valence-corrected chi connectivity index (χ3v) is 6.03. The Morgan fingerprint density at radius 2 is 2.10 bits per heavy atom. The maximum absolute atomic E-state index is 5.91. The number of ether oxygens (including phenoxy) is 1. The van der Waals surface area contributed by atoms with Gasteiger partial charge in [-0.1, -0.05) is 35.5 Å². The second kappa shape index (κ2) is 9.30. The van der Waals surface area contributed by atoms with Gasteiger partial charge in [-0.25, -0.2) is 4.98 Å². The van der Waals surface area contributed by atoms with Gasteiger partial charge in [0.15, 0.2) is 11.0 Å². The van der Waals surface area contributed by atoms with Gasteiger partial charge in [0.05, 0.1) is 10.6 Å². The first-order valence-corrected chi connectivity index (χ1v) is 11.0. The topological polar surface area (TPSA) is 66.0 Å². The van der Waals surface area contributed by atoms with Gasteiger partial charge in [-0.2, -0.15) is 0 Å². The molecule has 3 aromatic heterocycles. The number of rotatable bonds is 9. The van der Waals surface area contributed by atoms with Crippen LogP contribution in [-0.2, 0) is 18.9 Å². The Morgan fingerprint density at radius 3 is 2.86 bits per heavy atom. The van der Waals surface area contributed by atoms with E-state index in [4.69, 9.17) is 20.8 Å². The molecule has 6 nitrogen and oxygen atoms in total. The number of nitrogens with zero attached hydrogens (tertiary/aromatic N) is 4. The monoisotopic (exact) mass is 444 g/mol. The summed E-state index contributed by atoms with van der Waals surface area (Å²) < 4.78 is 13.4. The zero-order chi connectivity index (χ0) is 20.1. The second-order valence-electron chi connectivity index (χ2n) is 5.95. The van der Waals surface area contributed by atoms with Crippen LogP contribution in [0.3, 0.4) is 0 Å². The number of allylic oxidation sites excluding steroid dienone is 1. The van der Waals surface area contributed by atoms with E-state index in [0.29, 0.717) is 29.8 Å². The van der Waals surface area contributed by atoms with E-state index in [1.165, 1.54) is 0 Å². The number of thioether (sulfide) groups is 1. The van der Waals surface area contributed by atoms with Gasteiger partial charge in [0, 0.05) is 17.3 Å². The Morgan fingerprint density at radius 1 is 1.24 bits per heavy atom. The van der Waals surface area contributed by atoms with Gasteiger partial charge in [0.2, 0.25) is 5.89 Å². The van der Waals surface area contributed by atoms with Crippen molar-refractivity contribution in [2.24, 2.45) is 0 Å². The molecule has 3 heterocycles. The fraction of sp³-hybridized carbons (Fsp3) is 0.150. The van der Waals surface area contributed by atoms with Crippen LogP contribution >= 0.6 is 34.7 Å². The lowest BCUT2D eigenvalue weighted by Crippen LogP contribution is -2.07. The minimum atomic E-state index is 0.301. The molecule has 0 radical (unpaired) electrons. The van der Waals surface area contributed by atoms with Crippen molar-refractivity contribution in [1.82, 2.24) is 19.7 Å². The summed E-state index contributed by atoms with van der Waals surface area (Å²) >= 11 is 9.05. The minimum absolute atomic E-state index is 0.301. The Kier molecular flexibility index (Phi) is 6.33. The van der Waals surface area contributed by atoms with Crippen LogP contribution in [0.25, 0.3) is 10.8 Å². The van der Waals surface area contributed by atoms with Crippen molar-refractivity contribution < 1.29 is 9.15 Å². The zero-order valence-corrected chi connectivity index (χ0v) is 17.7. The van der Waals surface area contributed by atoms with E-state index in [0.717, 1.165) is 27.3 Å². The Labute approximate surface area is 181 Å². The smallest absolute Gasteiger partial charge is 0.236 e. The van der Waals surface area contributed by atoms with Gasteiger partial charge in [-0.15, -0.1) is 28.1 Å². The molecular formula is C20H17ClN4O2S2. The number of hydrogen-bond donors (Lipinski definition) is 0. The molecule has 9 heteroatoms. The molecule has 0 N–H and O–H groups in total. The highest BCUT2D eigenvalue weighted by Gasteiger charge is 2.14. The van der Waals surface area contributed by atoms with Gasteiger partial charge in [0.1, 0.15) is 18.6 Å². The standard InChI is InChI=1S/C20H17ClN4O2S2/c1-2-9-25-18(12-26-16-7-5-14(21)6-8-16)23-24-20(25)29-13-15-11-27-19(22-15)17-4-3-10-28-17/h2-8,10-11H,1,9,12-13H2. The number of thiophene rings is 1. The van der Waals surface area contributed by atoms with Crippen LogP contribution in [0.2, 0.25) is 5.02 Å². The highest BCUT2D eigenvalue weighted by molar-refractivity contribution is 7.98. The summed E-state index contributed by atoms with van der Waals surface area (Å²) in [6, 6.07) is 11.2. The van der Waals surface area contributed by atoms with E-state index in [1.54, 1.807) is 41.5 Å². The van der Waals surface area contributed by atoms with E-state index in [2.05, 4.69) is 21.8 Å². The van der Waals surface area contributed by atoms with E-state index < -0.39 is 0 Å². The molecular weight excluding hydrogens is 428 g/mol. The summed E-state index contributed by atoms with van der Waals surface area (Å²) in [5.74, 6) is 2.71. The van der Waals surface area contributed by atoms with Crippen LogP contribution in [0, 0.1) is 0 Å². The van der Waals surface area contributed by atoms with Gasteiger partial charge in [-0.05, 0) is 35.7 Å². The number of hydrogen-bond acceptors (Lipinski definition) is 7. The number of halogens is 1. The molecule has 4 rings (SSSR count). The predicted octanol–water partition coefficient (Wildman–Crippen LogP) is 5.71. The van der Waals surface area contributed by atoms with Crippen molar-refractivity contribution in [3.63, 3.8) is 0 Å². The first-order chi connectivity index (χ1) is 14.2. The van der Waals surface area contributed by atoms with Crippen LogP contribution in [0.15, 0.2) is 70.3 Å². The molecule has 148 valence electrons. The molecule has 4 aromatic rings. The summed E-state index contributed by atoms with van der Waals surface area (Å²) in [7, 11) is 0. The molecule has 1 aromatic carbocycles. The molecule has 0 amide bonds. The molecule has 0 atom stereocenters. The lowest BCUT2D eigenvalue weighted by molar-refractivity contribution is 0.289. The molecule has 29 heavy (non-hydrogen) atoms. The Balaban J connectivity index is 1.42. The molecule has 0 bridgehead atoms. The van der Waals surface area contributed by atoms with Crippen molar-refractivity contribution in [1.29, 1.82) is 0 Å². The molecule has 0 spiro atoms. The Bertz CT molecular complexity index is 1070. The predicted molar refractivity (Wildman–Crippen MR) is 115 cm³/mol. The molecule has 0 saturated heterocycles. The number of oxazole rings is 1. The molecule has 0 aliphatic rings. The number of aromatic nitrogens is 4. The van der Waals surface area contributed by atoms with E-state index in [-0.39, 0.29) is 0 Å². The van der Waals surface area contributed by atoms with E-state index in [9.17, 15) is 0 Å². The maximum atomic E-state index is 5.91. The average Bonchev–Trinajstić information content (AvgIpc) is 3.48. The first-order valence-electron chi connectivity index (χ1n) is 8.75. The normalized spacial score (nSPS) is 10.9. The second-order valence-corrected chi connectivity index (χ2v) is 8.28. The van der Waals surface area contributed by atoms with Crippen LogP contribution in [0.4, 0.5) is 0 Å². The van der Waals surface area contributed by atoms with Crippen molar-refractivity contribution >= 4 is 34.7 Å². The third-order valence-electron chi connectivity index (χ3n) is 3.92. The highest BCUT2D eigenvalue weighted by Crippen LogP contribution is 2.27. The average molecular weight is 445 g/mol. The van der Waals surface area contributed by atoms with Gasteiger partial charge < -0.3 is 9.15 Å². The van der Waals surface area contributed by atoms with E-state index >= 15 is 0 Å². The van der Waals surface area contributed by atoms with E-state index in [1.807, 2.05) is 40.3 Å². The Hall–Kier alpha value is -2.55. The summed E-state index contributed by atoms with van der Waals surface area (Å²) in [4.78, 5) is 5.55. The quantitative estimate of drug-likeness (QED) is 0.243. The molecule has 0 fully saturated rings. The van der Waals surface area contributed by atoms with Crippen LogP contribution in [0.1, 0.15) is 11.5 Å². The summed E-state index contributed by atoms with van der Waals surface area (Å²) in [5.41, 5.74) is 0.852. The van der Waals surface area contributed by atoms with Crippen molar-refractivity contribution in [3.05, 3.63) is 77.2 Å². The largest absolute Gasteiger partial charge is 0.486 e. The van der Waals surface area contributed by atoms with Gasteiger partial charge in [0.25, 0.3) is 0 Å². The van der Waals surface area contributed by atoms with Crippen molar-refractivity contribution in [2.45, 2.75) is 24.1 Å². The van der Waals surface area contributed by atoms with Crippen LogP contribution < -0.4 is 4.74 Å². The highest BCUT2D eigenvalue weighted by atomic mass is 35.5. The van der Waals surface area contributed by atoms with Crippen LogP contribution in [0.5, 0.6) is 5.75 Å². The van der Waals surface area contributed by atoms with Crippen LogP contribution in [-0.4, -0.2) is 19.7 Å². The van der Waals surface area contributed by atoms with Gasteiger partial charge >= 0.3 is 0 Å². The number of benzene rings is 1. The summed E-state index contributed by atoms with van der Waals surface area (Å²) in [6.07, 6.45) is 3.49. The zero-order valence-electron chi connectivity index (χ0n) is 15.3. The van der Waals surface area contributed by atoms with Gasteiger partial charge in [-0.3, -0.25) is 4.57 Å². The minimum Gasteiger partial charge on any atom is -0.486 e. The maximum Gasteiger partial charge on any atom is 0.236 e. The fourth-order valence-electron chi connectivity index (χ4n) is 2.55. The lowest BCUT2D eigenvalue weighted by atomic mass is 10.3. The SMILES string of the molecule is C=CCn1c(COc2ccc(Cl)cc2)nnc1SCc1coc(-c2cccs2)n1. The van der Waals surface area contributed by atoms with Crippen molar-refractivity contribution in [2.75, 3.05) is 0 Å². The fourth-order valence-corrected chi connectivity index (χ4v) is 4.17. The molecule has 0 aliphatic carbocycles. The summed E-state index contributed by atoms with van der Waals surface area (Å²) in [5, 5.41) is 12.0. The van der Waals surface area contributed by atoms with Crippen molar-refractivity contribution in [3.8, 4) is 16.5 Å². The molecule has 0 saturated carbocycles. The molecule has 0 unspecified atom stereocenters. The summed E-state index contributed by atoms with van der Waals surface area (Å²) in [6.45, 7) is 4.72. The first kappa shape index (κ1) is 19.8. The molecule has 0 aliphatic heterocycles. The lowest BCUT2D eigenvalue weighted by Gasteiger charge is -2.09. The third kappa shape index (κ3) is 4.90.